The van der Waals surface area contributed by atoms with Gasteiger partial charge in [0.15, 0.2) is 0 Å². The highest BCUT2D eigenvalue weighted by Crippen LogP contribution is 2.22. The number of nitrogens with zero attached hydrogens (tertiary/aromatic N) is 2. The van der Waals surface area contributed by atoms with Crippen molar-refractivity contribution < 1.29 is 4.79 Å². The largest absolute Gasteiger partial charge is 0.338 e. The molecule has 7 heteroatoms. The van der Waals surface area contributed by atoms with Gasteiger partial charge in [-0.2, -0.15) is 0 Å². The maximum atomic E-state index is 12.4. The topological polar surface area (TPSA) is 66.1 Å². The van der Waals surface area contributed by atoms with Gasteiger partial charge in [-0.05, 0) is 48.6 Å². The average Bonchev–Trinajstić information content (AvgIpc) is 3.07. The molecule has 0 atom stereocenters. The predicted octanol–water partition coefficient (Wildman–Crippen LogP) is 3.74. The lowest BCUT2D eigenvalue weighted by molar-refractivity contribution is -0.130. The van der Waals surface area contributed by atoms with Gasteiger partial charge >= 0.3 is 0 Å². The zero-order valence-electron chi connectivity index (χ0n) is 15.0. The van der Waals surface area contributed by atoms with Crippen LogP contribution in [0.25, 0.3) is 10.2 Å². The highest BCUT2D eigenvalue weighted by atomic mass is 32.2. The summed E-state index contributed by atoms with van der Waals surface area (Å²) in [6.07, 6.45) is 0.443. The van der Waals surface area contributed by atoms with E-state index in [1.165, 1.54) is 27.4 Å². The van der Waals surface area contributed by atoms with Gasteiger partial charge in [-0.15, -0.1) is 23.1 Å². The number of benzene rings is 1. The van der Waals surface area contributed by atoms with Gasteiger partial charge in [0, 0.05) is 24.1 Å². The van der Waals surface area contributed by atoms with E-state index in [0.717, 1.165) is 5.75 Å². The van der Waals surface area contributed by atoms with Crippen LogP contribution in [0.2, 0.25) is 0 Å². The molecule has 136 valence electrons. The van der Waals surface area contributed by atoms with Crippen molar-refractivity contribution in [3.05, 3.63) is 57.0 Å². The van der Waals surface area contributed by atoms with Crippen LogP contribution in [0.5, 0.6) is 0 Å². The van der Waals surface area contributed by atoms with E-state index in [1.54, 1.807) is 23.7 Å². The van der Waals surface area contributed by atoms with Gasteiger partial charge in [-0.25, -0.2) is 4.98 Å². The summed E-state index contributed by atoms with van der Waals surface area (Å²) in [4.78, 5) is 34.3. The lowest BCUT2D eigenvalue weighted by Crippen LogP contribution is -2.28. The van der Waals surface area contributed by atoms with E-state index in [0.29, 0.717) is 29.0 Å². The first kappa shape index (κ1) is 18.7. The Morgan fingerprint density at radius 3 is 2.85 bits per heavy atom. The molecule has 2 heterocycles. The van der Waals surface area contributed by atoms with Gasteiger partial charge in [0.05, 0.1) is 12.1 Å². The molecular formula is C19H21N3O2S2. The Labute approximate surface area is 160 Å². The molecule has 3 rings (SSSR count). The monoisotopic (exact) mass is 387 g/mol. The predicted molar refractivity (Wildman–Crippen MR) is 108 cm³/mol. The fourth-order valence-electron chi connectivity index (χ4n) is 2.56. The number of hydrogen-bond acceptors (Lipinski definition) is 5. The summed E-state index contributed by atoms with van der Waals surface area (Å²) in [7, 11) is 1.74. The van der Waals surface area contributed by atoms with Crippen LogP contribution >= 0.6 is 23.1 Å². The highest BCUT2D eigenvalue weighted by Gasteiger charge is 2.12. The van der Waals surface area contributed by atoms with Crippen LogP contribution in [0.15, 0.2) is 39.3 Å². The number of thioether (sulfide) groups is 1. The summed E-state index contributed by atoms with van der Waals surface area (Å²) >= 11 is 3.05. The third kappa shape index (κ3) is 4.34. The average molecular weight is 388 g/mol. The van der Waals surface area contributed by atoms with Crippen LogP contribution in [0.3, 0.4) is 0 Å². The standard InChI is InChI=1S/C19H21N3O2S2/c1-12-4-5-14(10-13(12)2)25-9-7-17(23)22(3)11-16-20-15-6-8-26-18(15)19(24)21-16/h4-6,8,10H,7,9,11H2,1-3H3,(H,20,21,24). The normalized spacial score (nSPS) is 11.0. The van der Waals surface area contributed by atoms with E-state index in [9.17, 15) is 9.59 Å². The molecule has 0 saturated heterocycles. The molecule has 0 radical (unpaired) electrons. The molecule has 26 heavy (non-hydrogen) atoms. The van der Waals surface area contributed by atoms with Crippen molar-refractivity contribution in [3.8, 4) is 0 Å². The van der Waals surface area contributed by atoms with E-state index in [4.69, 9.17) is 0 Å². The Morgan fingerprint density at radius 1 is 1.27 bits per heavy atom. The highest BCUT2D eigenvalue weighted by molar-refractivity contribution is 7.99. The van der Waals surface area contributed by atoms with E-state index < -0.39 is 0 Å². The number of amides is 1. The molecule has 0 spiro atoms. The number of fused-ring (bicyclic) bond motifs is 1. The Balaban J connectivity index is 1.55. The van der Waals surface area contributed by atoms with Gasteiger partial charge in [0.2, 0.25) is 5.91 Å². The molecule has 5 nitrogen and oxygen atoms in total. The van der Waals surface area contributed by atoms with Gasteiger partial charge in [0.25, 0.3) is 5.56 Å². The number of aryl methyl sites for hydroxylation is 2. The third-order valence-corrected chi connectivity index (χ3v) is 6.14. The number of aromatic amines is 1. The van der Waals surface area contributed by atoms with Crippen LogP contribution in [0.1, 0.15) is 23.4 Å². The van der Waals surface area contributed by atoms with Crippen molar-refractivity contribution in [3.63, 3.8) is 0 Å². The molecule has 0 aliphatic heterocycles. The Hall–Kier alpha value is -2.12. The summed E-state index contributed by atoms with van der Waals surface area (Å²) in [5, 5.41) is 1.84. The second kappa shape index (κ2) is 8.05. The molecule has 0 saturated carbocycles. The first-order chi connectivity index (χ1) is 12.4. The number of aromatic nitrogens is 2. The molecular weight excluding hydrogens is 366 g/mol. The summed E-state index contributed by atoms with van der Waals surface area (Å²) in [5.41, 5.74) is 3.07. The molecule has 0 aliphatic rings. The SMILES string of the molecule is Cc1ccc(SCCC(=O)N(C)Cc2nc3ccsc3c(=O)[nH]2)cc1C. The Bertz CT molecular complexity index is 994. The molecule has 1 aromatic carbocycles. The van der Waals surface area contributed by atoms with Crippen LogP contribution in [0, 0.1) is 13.8 Å². The molecule has 1 amide bonds. The zero-order valence-corrected chi connectivity index (χ0v) is 16.7. The number of thiophene rings is 1. The number of carbonyl (C=O) groups excluding carboxylic acids is 1. The van der Waals surface area contributed by atoms with E-state index >= 15 is 0 Å². The van der Waals surface area contributed by atoms with Crippen LogP contribution in [0.4, 0.5) is 0 Å². The molecule has 0 aliphatic carbocycles. The summed E-state index contributed by atoms with van der Waals surface area (Å²) in [5.74, 6) is 1.27. The van der Waals surface area contributed by atoms with Crippen LogP contribution in [-0.4, -0.2) is 33.6 Å². The Morgan fingerprint density at radius 2 is 2.08 bits per heavy atom. The summed E-state index contributed by atoms with van der Waals surface area (Å²) in [6.45, 7) is 4.48. The van der Waals surface area contributed by atoms with Crippen molar-refractivity contribution in [1.82, 2.24) is 14.9 Å². The fraction of sp³-hybridized carbons (Fsp3) is 0.316. The minimum Gasteiger partial charge on any atom is -0.338 e. The lowest BCUT2D eigenvalue weighted by Gasteiger charge is -2.16. The van der Waals surface area contributed by atoms with Crippen molar-refractivity contribution in [2.24, 2.45) is 0 Å². The van der Waals surface area contributed by atoms with Gasteiger partial charge in [-0.1, -0.05) is 6.07 Å². The van der Waals surface area contributed by atoms with Crippen molar-refractivity contribution in [2.45, 2.75) is 31.7 Å². The van der Waals surface area contributed by atoms with E-state index in [-0.39, 0.29) is 11.5 Å². The molecule has 0 unspecified atom stereocenters. The van der Waals surface area contributed by atoms with Crippen LogP contribution in [-0.2, 0) is 11.3 Å². The van der Waals surface area contributed by atoms with Crippen molar-refractivity contribution in [1.29, 1.82) is 0 Å². The van der Waals surface area contributed by atoms with Gasteiger partial charge in [-0.3, -0.25) is 9.59 Å². The number of carbonyl (C=O) groups is 1. The minimum absolute atomic E-state index is 0.0365. The quantitative estimate of drug-likeness (QED) is 0.654. The van der Waals surface area contributed by atoms with Gasteiger partial charge < -0.3 is 9.88 Å². The second-order valence-corrected chi connectivity index (χ2v) is 8.33. The maximum Gasteiger partial charge on any atom is 0.268 e. The number of H-pyrrole nitrogens is 1. The molecule has 0 fully saturated rings. The number of nitrogens with one attached hydrogen (secondary N) is 1. The lowest BCUT2D eigenvalue weighted by atomic mass is 10.1. The second-order valence-electron chi connectivity index (χ2n) is 6.24. The fourth-order valence-corrected chi connectivity index (χ4v) is 4.22. The van der Waals surface area contributed by atoms with E-state index in [1.807, 2.05) is 11.4 Å². The van der Waals surface area contributed by atoms with Crippen LogP contribution < -0.4 is 5.56 Å². The van der Waals surface area contributed by atoms with Crippen molar-refractivity contribution >= 4 is 39.2 Å². The zero-order chi connectivity index (χ0) is 18.7. The first-order valence-electron chi connectivity index (χ1n) is 8.34. The maximum absolute atomic E-state index is 12.4. The molecule has 2 aromatic heterocycles. The first-order valence-corrected chi connectivity index (χ1v) is 10.2. The molecule has 3 aromatic rings. The number of hydrogen-bond donors (Lipinski definition) is 1. The number of rotatable bonds is 6. The van der Waals surface area contributed by atoms with Gasteiger partial charge in [0.1, 0.15) is 10.5 Å². The summed E-state index contributed by atoms with van der Waals surface area (Å²) in [6, 6.07) is 8.17. The smallest absolute Gasteiger partial charge is 0.268 e. The summed E-state index contributed by atoms with van der Waals surface area (Å²) < 4.78 is 0.618. The third-order valence-electron chi connectivity index (χ3n) is 4.24. The van der Waals surface area contributed by atoms with E-state index in [2.05, 4.69) is 42.0 Å². The van der Waals surface area contributed by atoms with Crippen molar-refractivity contribution in [2.75, 3.05) is 12.8 Å². The Kier molecular flexibility index (Phi) is 5.78. The molecule has 1 N–H and O–H groups in total. The minimum atomic E-state index is -0.147. The molecule has 0 bridgehead atoms.